The molecule has 5 nitrogen and oxygen atoms in total. The second kappa shape index (κ2) is 5.33. The summed E-state index contributed by atoms with van der Waals surface area (Å²) in [4.78, 5) is 11.5. The molecule has 0 aromatic carbocycles. The number of nitrogens with zero attached hydrogens (tertiary/aromatic N) is 3. The summed E-state index contributed by atoms with van der Waals surface area (Å²) in [6.07, 6.45) is 2.52. The molecular formula is C14H25N5. The number of hydrogen-bond acceptors (Lipinski definition) is 5. The van der Waals surface area contributed by atoms with Gasteiger partial charge in [0.25, 0.3) is 0 Å². The van der Waals surface area contributed by atoms with Gasteiger partial charge in [0.05, 0.1) is 0 Å². The minimum Gasteiger partial charge on any atom is -0.356 e. The van der Waals surface area contributed by atoms with Crippen molar-refractivity contribution in [3.8, 4) is 0 Å². The summed E-state index contributed by atoms with van der Waals surface area (Å²) in [6.45, 7) is 10.8. The van der Waals surface area contributed by atoms with Crippen LogP contribution in [0.3, 0.4) is 0 Å². The molecule has 2 rings (SSSR count). The number of aromatic nitrogens is 2. The van der Waals surface area contributed by atoms with Crippen molar-refractivity contribution in [2.45, 2.75) is 46.0 Å². The Morgan fingerprint density at radius 1 is 1.37 bits per heavy atom. The van der Waals surface area contributed by atoms with Gasteiger partial charge in [0.1, 0.15) is 17.5 Å². The van der Waals surface area contributed by atoms with Crippen LogP contribution in [0, 0.1) is 5.92 Å². The standard InChI is InChI=1S/C14H25N5/c1-10-6-5-7-19(9-10)12-8-11(18-15)16-13(17-12)14(2,3)4/h8,10H,5-7,9,15H2,1-4H3,(H,16,17,18). The maximum Gasteiger partial charge on any atom is 0.145 e. The van der Waals surface area contributed by atoms with Gasteiger partial charge in [-0.2, -0.15) is 0 Å². The molecule has 2 heterocycles. The van der Waals surface area contributed by atoms with Crippen molar-refractivity contribution in [1.82, 2.24) is 9.97 Å². The van der Waals surface area contributed by atoms with Gasteiger partial charge in [0.15, 0.2) is 0 Å². The van der Waals surface area contributed by atoms with Crippen molar-refractivity contribution in [3.05, 3.63) is 11.9 Å². The number of rotatable bonds is 2. The first-order valence-corrected chi connectivity index (χ1v) is 7.01. The number of hydrazine groups is 1. The van der Waals surface area contributed by atoms with E-state index in [9.17, 15) is 0 Å². The van der Waals surface area contributed by atoms with E-state index < -0.39 is 0 Å². The van der Waals surface area contributed by atoms with Crippen LogP contribution in [0.4, 0.5) is 11.6 Å². The fraction of sp³-hybridized carbons (Fsp3) is 0.714. The van der Waals surface area contributed by atoms with Crippen LogP contribution in [-0.4, -0.2) is 23.1 Å². The van der Waals surface area contributed by atoms with Crippen LogP contribution in [0.25, 0.3) is 0 Å². The van der Waals surface area contributed by atoms with Gasteiger partial charge in [-0.1, -0.05) is 27.7 Å². The monoisotopic (exact) mass is 263 g/mol. The van der Waals surface area contributed by atoms with Crippen LogP contribution in [0.1, 0.15) is 46.4 Å². The Hall–Kier alpha value is -1.36. The van der Waals surface area contributed by atoms with E-state index in [1.165, 1.54) is 12.8 Å². The summed E-state index contributed by atoms with van der Waals surface area (Å²) in [7, 11) is 0. The molecule has 5 heteroatoms. The molecule has 19 heavy (non-hydrogen) atoms. The van der Waals surface area contributed by atoms with Gasteiger partial charge in [-0.15, -0.1) is 0 Å². The lowest BCUT2D eigenvalue weighted by atomic mass is 9.95. The first kappa shape index (κ1) is 14.1. The molecule has 1 unspecified atom stereocenters. The van der Waals surface area contributed by atoms with E-state index in [1.54, 1.807) is 0 Å². The van der Waals surface area contributed by atoms with Crippen LogP contribution >= 0.6 is 0 Å². The summed E-state index contributed by atoms with van der Waals surface area (Å²) in [5, 5.41) is 0. The summed E-state index contributed by atoms with van der Waals surface area (Å²) >= 11 is 0. The zero-order valence-corrected chi connectivity index (χ0v) is 12.4. The maximum absolute atomic E-state index is 5.53. The summed E-state index contributed by atoms with van der Waals surface area (Å²) < 4.78 is 0. The molecule has 1 saturated heterocycles. The Kier molecular flexibility index (Phi) is 3.94. The van der Waals surface area contributed by atoms with Crippen molar-refractivity contribution in [1.29, 1.82) is 0 Å². The molecular weight excluding hydrogens is 238 g/mol. The third kappa shape index (κ3) is 3.35. The van der Waals surface area contributed by atoms with E-state index in [2.05, 4.69) is 43.0 Å². The van der Waals surface area contributed by atoms with E-state index in [0.717, 1.165) is 30.6 Å². The van der Waals surface area contributed by atoms with Crippen molar-refractivity contribution in [2.24, 2.45) is 11.8 Å². The van der Waals surface area contributed by atoms with E-state index >= 15 is 0 Å². The smallest absolute Gasteiger partial charge is 0.145 e. The number of anilines is 2. The number of hydrogen-bond donors (Lipinski definition) is 2. The lowest BCUT2D eigenvalue weighted by Crippen LogP contribution is -2.35. The number of nitrogens with one attached hydrogen (secondary N) is 1. The summed E-state index contributed by atoms with van der Waals surface area (Å²) in [5.74, 6) is 8.75. The molecule has 0 bridgehead atoms. The minimum absolute atomic E-state index is 0.0803. The third-order valence-corrected chi connectivity index (χ3v) is 3.51. The molecule has 0 spiro atoms. The average Bonchev–Trinajstić information content (AvgIpc) is 2.37. The maximum atomic E-state index is 5.53. The van der Waals surface area contributed by atoms with Gasteiger partial charge in [-0.05, 0) is 18.8 Å². The van der Waals surface area contributed by atoms with E-state index in [-0.39, 0.29) is 5.41 Å². The number of piperidine rings is 1. The molecule has 0 aliphatic carbocycles. The van der Waals surface area contributed by atoms with Gasteiger partial charge in [-0.3, -0.25) is 0 Å². The van der Waals surface area contributed by atoms with E-state index in [0.29, 0.717) is 5.82 Å². The van der Waals surface area contributed by atoms with Crippen LogP contribution in [-0.2, 0) is 5.41 Å². The lowest BCUT2D eigenvalue weighted by molar-refractivity contribution is 0.442. The zero-order valence-electron chi connectivity index (χ0n) is 12.4. The SMILES string of the molecule is CC1CCCN(c2cc(NN)nc(C(C)(C)C)n2)C1. The predicted molar refractivity (Wildman–Crippen MR) is 79.2 cm³/mol. The minimum atomic E-state index is -0.0803. The van der Waals surface area contributed by atoms with Crippen LogP contribution < -0.4 is 16.2 Å². The predicted octanol–water partition coefficient (Wildman–Crippen LogP) is 2.30. The average molecular weight is 263 g/mol. The Bertz CT molecular complexity index is 438. The second-order valence-corrected chi connectivity index (χ2v) is 6.52. The molecule has 0 radical (unpaired) electrons. The highest BCUT2D eigenvalue weighted by molar-refractivity contribution is 5.49. The van der Waals surface area contributed by atoms with Crippen molar-refractivity contribution < 1.29 is 0 Å². The van der Waals surface area contributed by atoms with Crippen LogP contribution in [0.5, 0.6) is 0 Å². The third-order valence-electron chi connectivity index (χ3n) is 3.51. The van der Waals surface area contributed by atoms with Gasteiger partial charge in [-0.25, -0.2) is 15.8 Å². The lowest BCUT2D eigenvalue weighted by Gasteiger charge is -2.32. The molecule has 1 aromatic heterocycles. The fourth-order valence-corrected chi connectivity index (χ4v) is 2.40. The first-order chi connectivity index (χ1) is 8.90. The number of nitrogens with two attached hydrogens (primary N) is 1. The molecule has 3 N–H and O–H groups in total. The Morgan fingerprint density at radius 2 is 2.11 bits per heavy atom. The molecule has 1 aliphatic rings. The molecule has 0 saturated carbocycles. The molecule has 1 fully saturated rings. The molecule has 1 atom stereocenters. The van der Waals surface area contributed by atoms with Gasteiger partial charge in [0, 0.05) is 24.6 Å². The normalized spacial score (nSPS) is 20.5. The van der Waals surface area contributed by atoms with E-state index in [4.69, 9.17) is 10.8 Å². The summed E-state index contributed by atoms with van der Waals surface area (Å²) in [5.41, 5.74) is 2.57. The Morgan fingerprint density at radius 3 is 2.68 bits per heavy atom. The molecule has 1 aliphatic heterocycles. The second-order valence-electron chi connectivity index (χ2n) is 6.52. The highest BCUT2D eigenvalue weighted by atomic mass is 15.3. The zero-order chi connectivity index (χ0) is 14.0. The number of nitrogen functional groups attached to an aromatic ring is 1. The molecule has 1 aromatic rings. The van der Waals surface area contributed by atoms with Crippen molar-refractivity contribution >= 4 is 11.6 Å². The highest BCUT2D eigenvalue weighted by Gasteiger charge is 2.23. The van der Waals surface area contributed by atoms with Gasteiger partial charge < -0.3 is 10.3 Å². The van der Waals surface area contributed by atoms with Crippen molar-refractivity contribution in [2.75, 3.05) is 23.4 Å². The van der Waals surface area contributed by atoms with Crippen LogP contribution in [0.2, 0.25) is 0 Å². The van der Waals surface area contributed by atoms with Crippen molar-refractivity contribution in [3.63, 3.8) is 0 Å². The molecule has 0 amide bonds. The summed E-state index contributed by atoms with van der Waals surface area (Å²) in [6, 6.07) is 1.94. The highest BCUT2D eigenvalue weighted by Crippen LogP contribution is 2.26. The van der Waals surface area contributed by atoms with Gasteiger partial charge >= 0.3 is 0 Å². The largest absolute Gasteiger partial charge is 0.356 e. The van der Waals surface area contributed by atoms with E-state index in [1.807, 2.05) is 6.07 Å². The quantitative estimate of drug-likeness (QED) is 0.633. The fourth-order valence-electron chi connectivity index (χ4n) is 2.40. The Balaban J connectivity index is 2.34. The first-order valence-electron chi connectivity index (χ1n) is 7.01. The molecule has 106 valence electrons. The van der Waals surface area contributed by atoms with Gasteiger partial charge in [0.2, 0.25) is 0 Å². The Labute approximate surface area is 115 Å². The van der Waals surface area contributed by atoms with Crippen LogP contribution in [0.15, 0.2) is 6.07 Å². The topological polar surface area (TPSA) is 67.1 Å².